The topological polar surface area (TPSA) is 61.4 Å². The number of nitrogens with one attached hydrogen (secondary N) is 2. The Morgan fingerprint density at radius 2 is 1.83 bits per heavy atom. The van der Waals surface area contributed by atoms with E-state index >= 15 is 0 Å². The predicted molar refractivity (Wildman–Crippen MR) is 73.8 cm³/mol. The first kappa shape index (κ1) is 15.4. The lowest BCUT2D eigenvalue weighted by atomic mass is 9.79. The zero-order valence-corrected chi connectivity index (χ0v) is 12.3. The molecule has 106 valence electrons. The molecule has 0 aromatic carbocycles. The van der Waals surface area contributed by atoms with Crippen molar-refractivity contribution < 1.29 is 9.90 Å². The van der Waals surface area contributed by atoms with Gasteiger partial charge in [0.05, 0.1) is 0 Å². The Labute approximate surface area is 111 Å². The van der Waals surface area contributed by atoms with Gasteiger partial charge in [0.25, 0.3) is 0 Å². The Kier molecular flexibility index (Phi) is 4.78. The van der Waals surface area contributed by atoms with Crippen molar-refractivity contribution in [2.24, 2.45) is 0 Å². The molecule has 1 heterocycles. The van der Waals surface area contributed by atoms with Gasteiger partial charge in [-0.05, 0) is 53.9 Å². The monoisotopic (exact) mass is 256 g/mol. The standard InChI is InChI=1S/C14H28N2O2/c1-10(6-7-12(17)18)15-11-8-13(2,3)16-14(4,5)9-11/h10-11,15-16H,6-9H2,1-5H3,(H,17,18). The Balaban J connectivity index is 2.48. The van der Waals surface area contributed by atoms with E-state index in [4.69, 9.17) is 5.11 Å². The van der Waals surface area contributed by atoms with E-state index in [0.29, 0.717) is 12.5 Å². The minimum atomic E-state index is -0.713. The third-order valence-corrected chi connectivity index (χ3v) is 3.50. The molecule has 1 fully saturated rings. The van der Waals surface area contributed by atoms with Crippen molar-refractivity contribution >= 4 is 5.97 Å². The molecule has 0 radical (unpaired) electrons. The molecule has 1 atom stereocenters. The summed E-state index contributed by atoms with van der Waals surface area (Å²) >= 11 is 0. The van der Waals surface area contributed by atoms with Crippen molar-refractivity contribution in [2.75, 3.05) is 0 Å². The van der Waals surface area contributed by atoms with Gasteiger partial charge in [0.15, 0.2) is 0 Å². The molecule has 0 amide bonds. The summed E-state index contributed by atoms with van der Waals surface area (Å²) < 4.78 is 0. The molecule has 0 aliphatic carbocycles. The highest BCUT2D eigenvalue weighted by Gasteiger charge is 2.37. The number of rotatable bonds is 5. The second-order valence-corrected chi connectivity index (χ2v) is 7.00. The average Bonchev–Trinajstić information content (AvgIpc) is 2.09. The van der Waals surface area contributed by atoms with Crippen LogP contribution in [0.3, 0.4) is 0 Å². The fourth-order valence-corrected chi connectivity index (χ4v) is 3.27. The normalized spacial score (nSPS) is 24.7. The molecule has 4 nitrogen and oxygen atoms in total. The largest absolute Gasteiger partial charge is 0.481 e. The zero-order chi connectivity index (χ0) is 14.0. The summed E-state index contributed by atoms with van der Waals surface area (Å²) in [5.74, 6) is -0.713. The van der Waals surface area contributed by atoms with E-state index in [1.165, 1.54) is 0 Å². The summed E-state index contributed by atoms with van der Waals surface area (Å²) in [6.07, 6.45) is 3.09. The lowest BCUT2D eigenvalue weighted by Crippen LogP contribution is -2.62. The van der Waals surface area contributed by atoms with E-state index in [9.17, 15) is 4.79 Å². The van der Waals surface area contributed by atoms with Crippen LogP contribution in [0.4, 0.5) is 0 Å². The number of carbonyl (C=O) groups is 1. The van der Waals surface area contributed by atoms with Gasteiger partial charge in [-0.1, -0.05) is 0 Å². The highest BCUT2D eigenvalue weighted by Crippen LogP contribution is 2.28. The Morgan fingerprint density at radius 3 is 2.28 bits per heavy atom. The van der Waals surface area contributed by atoms with E-state index in [-0.39, 0.29) is 23.5 Å². The summed E-state index contributed by atoms with van der Waals surface area (Å²) in [7, 11) is 0. The van der Waals surface area contributed by atoms with E-state index < -0.39 is 5.97 Å². The number of piperidine rings is 1. The third kappa shape index (κ3) is 5.36. The SMILES string of the molecule is CC(CCC(=O)O)NC1CC(C)(C)NC(C)(C)C1. The number of carboxylic acids is 1. The van der Waals surface area contributed by atoms with Gasteiger partial charge in [-0.2, -0.15) is 0 Å². The molecule has 0 bridgehead atoms. The number of carboxylic acid groups (broad SMARTS) is 1. The van der Waals surface area contributed by atoms with Crippen LogP contribution in [0.5, 0.6) is 0 Å². The van der Waals surface area contributed by atoms with Crippen molar-refractivity contribution in [3.05, 3.63) is 0 Å². The molecular weight excluding hydrogens is 228 g/mol. The van der Waals surface area contributed by atoms with Crippen molar-refractivity contribution in [1.82, 2.24) is 10.6 Å². The fourth-order valence-electron chi connectivity index (χ4n) is 3.27. The molecule has 3 N–H and O–H groups in total. The van der Waals surface area contributed by atoms with Crippen molar-refractivity contribution in [3.8, 4) is 0 Å². The summed E-state index contributed by atoms with van der Waals surface area (Å²) in [6, 6.07) is 0.718. The van der Waals surface area contributed by atoms with E-state index in [1.54, 1.807) is 0 Å². The molecule has 1 saturated heterocycles. The fraction of sp³-hybridized carbons (Fsp3) is 0.929. The second-order valence-electron chi connectivity index (χ2n) is 7.00. The van der Waals surface area contributed by atoms with Crippen LogP contribution < -0.4 is 10.6 Å². The molecule has 0 saturated carbocycles. The molecule has 4 heteroatoms. The Bertz CT molecular complexity index is 284. The van der Waals surface area contributed by atoms with Crippen molar-refractivity contribution in [3.63, 3.8) is 0 Å². The Morgan fingerprint density at radius 1 is 1.33 bits per heavy atom. The molecule has 1 rings (SSSR count). The smallest absolute Gasteiger partial charge is 0.303 e. The van der Waals surface area contributed by atoms with Crippen molar-refractivity contribution in [1.29, 1.82) is 0 Å². The lowest BCUT2D eigenvalue weighted by molar-refractivity contribution is -0.137. The van der Waals surface area contributed by atoms with Crippen LogP contribution in [0.25, 0.3) is 0 Å². The summed E-state index contributed by atoms with van der Waals surface area (Å²) in [5.41, 5.74) is 0.262. The van der Waals surface area contributed by atoms with E-state index in [1.807, 2.05) is 0 Å². The molecule has 1 aliphatic heterocycles. The average molecular weight is 256 g/mol. The molecule has 1 aliphatic rings. The van der Waals surface area contributed by atoms with Gasteiger partial charge in [-0.15, -0.1) is 0 Å². The maximum Gasteiger partial charge on any atom is 0.303 e. The van der Waals surface area contributed by atoms with Crippen LogP contribution in [0.2, 0.25) is 0 Å². The number of hydrogen-bond acceptors (Lipinski definition) is 3. The minimum absolute atomic E-state index is 0.131. The van der Waals surface area contributed by atoms with Gasteiger partial charge >= 0.3 is 5.97 Å². The first-order chi connectivity index (χ1) is 8.10. The third-order valence-electron chi connectivity index (χ3n) is 3.50. The summed E-state index contributed by atoms with van der Waals surface area (Å²) in [4.78, 5) is 10.6. The van der Waals surface area contributed by atoms with Crippen LogP contribution in [0, 0.1) is 0 Å². The highest BCUT2D eigenvalue weighted by molar-refractivity contribution is 5.66. The van der Waals surface area contributed by atoms with Gasteiger partial charge in [0.1, 0.15) is 0 Å². The maximum atomic E-state index is 10.6. The van der Waals surface area contributed by atoms with Gasteiger partial charge in [0, 0.05) is 29.6 Å². The number of aliphatic carboxylic acids is 1. The first-order valence-corrected chi connectivity index (χ1v) is 6.87. The summed E-state index contributed by atoms with van der Waals surface area (Å²) in [6.45, 7) is 11.0. The Hall–Kier alpha value is -0.610. The van der Waals surface area contributed by atoms with Gasteiger partial charge in [-0.3, -0.25) is 4.79 Å². The molecular formula is C14H28N2O2. The van der Waals surface area contributed by atoms with Crippen molar-refractivity contribution in [2.45, 2.75) is 83.5 Å². The first-order valence-electron chi connectivity index (χ1n) is 6.87. The summed E-state index contributed by atoms with van der Waals surface area (Å²) in [5, 5.41) is 15.9. The highest BCUT2D eigenvalue weighted by atomic mass is 16.4. The quantitative estimate of drug-likeness (QED) is 0.705. The number of hydrogen-bond donors (Lipinski definition) is 3. The molecule has 0 aromatic heterocycles. The van der Waals surface area contributed by atoms with Crippen LogP contribution in [-0.4, -0.2) is 34.2 Å². The maximum absolute atomic E-state index is 10.6. The molecule has 0 aromatic rings. The van der Waals surface area contributed by atoms with Crippen LogP contribution in [-0.2, 0) is 4.79 Å². The van der Waals surface area contributed by atoms with E-state index in [2.05, 4.69) is 45.3 Å². The van der Waals surface area contributed by atoms with Gasteiger partial charge < -0.3 is 15.7 Å². The predicted octanol–water partition coefficient (Wildman–Crippen LogP) is 2.14. The van der Waals surface area contributed by atoms with Gasteiger partial charge in [-0.25, -0.2) is 0 Å². The van der Waals surface area contributed by atoms with Crippen LogP contribution in [0.1, 0.15) is 60.3 Å². The molecule has 0 spiro atoms. The zero-order valence-electron chi connectivity index (χ0n) is 12.3. The molecule has 18 heavy (non-hydrogen) atoms. The second kappa shape index (κ2) is 5.57. The van der Waals surface area contributed by atoms with Crippen LogP contribution >= 0.6 is 0 Å². The van der Waals surface area contributed by atoms with Crippen LogP contribution in [0.15, 0.2) is 0 Å². The van der Waals surface area contributed by atoms with Gasteiger partial charge in [0.2, 0.25) is 0 Å². The minimum Gasteiger partial charge on any atom is -0.481 e. The molecule has 1 unspecified atom stereocenters. The lowest BCUT2D eigenvalue weighted by Gasteiger charge is -2.47. The van der Waals surface area contributed by atoms with E-state index in [0.717, 1.165) is 12.8 Å².